The van der Waals surface area contributed by atoms with E-state index in [1.165, 1.54) is 22.7 Å². The fourth-order valence-corrected chi connectivity index (χ4v) is 2.47. The predicted molar refractivity (Wildman–Crippen MR) is 70.9 cm³/mol. The first-order chi connectivity index (χ1) is 8.90. The Bertz CT molecular complexity index is 585. The molecule has 3 N–H and O–H groups in total. The summed E-state index contributed by atoms with van der Waals surface area (Å²) in [7, 11) is 3.34. The second-order valence-corrected chi connectivity index (χ2v) is 5.41. The van der Waals surface area contributed by atoms with Gasteiger partial charge in [0, 0.05) is 14.1 Å². The van der Waals surface area contributed by atoms with Crippen LogP contribution in [0.5, 0.6) is 0 Å². The van der Waals surface area contributed by atoms with E-state index < -0.39 is 0 Å². The summed E-state index contributed by atoms with van der Waals surface area (Å²) in [6.45, 7) is 1.75. The monoisotopic (exact) mass is 276 g/mol. The van der Waals surface area contributed by atoms with Crippen molar-refractivity contribution in [2.24, 2.45) is 0 Å². The third kappa shape index (κ3) is 3.36. The quantitative estimate of drug-likeness (QED) is 0.804. The maximum atomic E-state index is 11.8. The van der Waals surface area contributed by atoms with E-state index >= 15 is 0 Å². The SMILES string of the molecule is C[C@H](Sc1[nH+]c(N)c(C#N)cc1C#N)C(=O)N(C)C. The minimum absolute atomic E-state index is 0.0646. The summed E-state index contributed by atoms with van der Waals surface area (Å²) in [5.74, 6) is 0.124. The number of nitrogen functional groups attached to an aromatic ring is 1. The summed E-state index contributed by atoms with van der Waals surface area (Å²) in [5.41, 5.74) is 6.19. The standard InChI is InChI=1S/C12H13N5OS/c1-7(12(18)17(2)3)19-11-9(6-14)4-8(5-13)10(15)16-11/h4,7H,1-3H3,(H2,15,16)/p+1/t7-/m0/s1. The van der Waals surface area contributed by atoms with Crippen molar-refractivity contribution < 1.29 is 9.78 Å². The van der Waals surface area contributed by atoms with Crippen molar-refractivity contribution in [2.75, 3.05) is 19.8 Å². The number of H-pyrrole nitrogens is 1. The average molecular weight is 276 g/mol. The molecule has 1 aromatic heterocycles. The number of nitrogens with two attached hydrogens (primary N) is 1. The lowest BCUT2D eigenvalue weighted by atomic mass is 10.2. The number of hydrogen-bond donors (Lipinski definition) is 1. The molecule has 0 aromatic carbocycles. The third-order valence-corrected chi connectivity index (χ3v) is 3.51. The molecule has 98 valence electrons. The van der Waals surface area contributed by atoms with Gasteiger partial charge in [-0.25, -0.2) is 4.98 Å². The van der Waals surface area contributed by atoms with Gasteiger partial charge in [-0.2, -0.15) is 10.5 Å². The Morgan fingerprint density at radius 3 is 2.47 bits per heavy atom. The van der Waals surface area contributed by atoms with E-state index in [4.69, 9.17) is 16.3 Å². The number of rotatable bonds is 3. The van der Waals surface area contributed by atoms with Gasteiger partial charge in [0.1, 0.15) is 23.3 Å². The molecule has 0 aliphatic heterocycles. The van der Waals surface area contributed by atoms with Gasteiger partial charge in [-0.15, -0.1) is 0 Å². The van der Waals surface area contributed by atoms with Crippen LogP contribution in [0.25, 0.3) is 0 Å². The lowest BCUT2D eigenvalue weighted by Crippen LogP contribution is -2.30. The zero-order valence-corrected chi connectivity index (χ0v) is 11.7. The van der Waals surface area contributed by atoms with Crippen molar-refractivity contribution >= 4 is 23.5 Å². The predicted octanol–water partition coefficient (Wildman–Crippen LogP) is 0.395. The highest BCUT2D eigenvalue weighted by molar-refractivity contribution is 8.00. The highest BCUT2D eigenvalue weighted by Gasteiger charge is 2.22. The van der Waals surface area contributed by atoms with Crippen LogP contribution in [0, 0.1) is 22.7 Å². The van der Waals surface area contributed by atoms with Crippen LogP contribution in [0.2, 0.25) is 0 Å². The molecule has 7 heteroatoms. The number of pyridine rings is 1. The van der Waals surface area contributed by atoms with Gasteiger partial charge in [-0.3, -0.25) is 10.5 Å². The second-order valence-electron chi connectivity index (χ2n) is 4.06. The Labute approximate surface area is 115 Å². The van der Waals surface area contributed by atoms with Gasteiger partial charge in [-0.1, -0.05) is 11.8 Å². The fourth-order valence-electron chi connectivity index (χ4n) is 1.40. The third-order valence-electron chi connectivity index (χ3n) is 2.40. The van der Waals surface area contributed by atoms with E-state index in [9.17, 15) is 4.79 Å². The first-order valence-electron chi connectivity index (χ1n) is 5.44. The van der Waals surface area contributed by atoms with Gasteiger partial charge in [0.15, 0.2) is 5.03 Å². The molecule has 1 amide bonds. The van der Waals surface area contributed by atoms with Crippen molar-refractivity contribution in [1.29, 1.82) is 10.5 Å². The number of nitriles is 2. The number of aromatic nitrogens is 1. The molecule has 0 fully saturated rings. The van der Waals surface area contributed by atoms with E-state index in [0.717, 1.165) is 0 Å². The average Bonchev–Trinajstić information content (AvgIpc) is 2.37. The second kappa shape index (κ2) is 6.07. The van der Waals surface area contributed by atoms with Gasteiger partial charge in [-0.05, 0) is 13.0 Å². The van der Waals surface area contributed by atoms with Crippen LogP contribution in [-0.4, -0.2) is 30.2 Å². The van der Waals surface area contributed by atoms with Crippen molar-refractivity contribution in [1.82, 2.24) is 4.90 Å². The number of thioether (sulfide) groups is 1. The van der Waals surface area contributed by atoms with Crippen LogP contribution in [-0.2, 0) is 4.79 Å². The van der Waals surface area contributed by atoms with Gasteiger partial charge < -0.3 is 4.90 Å². The number of nitrogens with one attached hydrogen (secondary N) is 1. The summed E-state index contributed by atoms with van der Waals surface area (Å²) in [6.07, 6.45) is 0. The zero-order chi connectivity index (χ0) is 14.6. The van der Waals surface area contributed by atoms with Gasteiger partial charge >= 0.3 is 0 Å². The maximum Gasteiger partial charge on any atom is 0.289 e. The van der Waals surface area contributed by atoms with Crippen molar-refractivity contribution in [2.45, 2.75) is 17.2 Å². The molecule has 0 saturated carbocycles. The van der Waals surface area contributed by atoms with Crippen molar-refractivity contribution in [3.8, 4) is 12.1 Å². The molecule has 0 bridgehead atoms. The Balaban J connectivity index is 3.09. The fraction of sp³-hybridized carbons (Fsp3) is 0.333. The number of hydrogen-bond acceptors (Lipinski definition) is 5. The van der Waals surface area contributed by atoms with Crippen LogP contribution < -0.4 is 10.7 Å². The zero-order valence-electron chi connectivity index (χ0n) is 10.9. The molecule has 1 aromatic rings. The largest absolute Gasteiger partial charge is 0.348 e. The molecule has 0 aliphatic rings. The highest BCUT2D eigenvalue weighted by atomic mass is 32.2. The Kier molecular flexibility index (Phi) is 4.74. The normalized spacial score (nSPS) is 11.2. The topological polar surface area (TPSA) is 108 Å². The first kappa shape index (κ1) is 14.8. The molecule has 0 radical (unpaired) electrons. The minimum Gasteiger partial charge on any atom is -0.348 e. The van der Waals surface area contributed by atoms with E-state index in [1.807, 2.05) is 12.1 Å². The number of aromatic amines is 1. The number of anilines is 1. The lowest BCUT2D eigenvalue weighted by Gasteiger charge is -2.15. The molecule has 1 atom stereocenters. The number of carbonyl (C=O) groups is 1. The van der Waals surface area contributed by atoms with Gasteiger partial charge in [0.25, 0.3) is 5.82 Å². The summed E-state index contributed by atoms with van der Waals surface area (Å²) in [6, 6.07) is 5.30. The van der Waals surface area contributed by atoms with Gasteiger partial charge in [0.2, 0.25) is 5.91 Å². The maximum absolute atomic E-state index is 11.8. The molecule has 1 heterocycles. The Morgan fingerprint density at radius 1 is 1.42 bits per heavy atom. The van der Waals surface area contributed by atoms with Crippen LogP contribution in [0.4, 0.5) is 5.82 Å². The molecule has 0 spiro atoms. The lowest BCUT2D eigenvalue weighted by molar-refractivity contribution is -0.410. The van der Waals surface area contributed by atoms with E-state index in [1.54, 1.807) is 21.0 Å². The van der Waals surface area contributed by atoms with Crippen molar-refractivity contribution in [3.05, 3.63) is 17.2 Å². The molecule has 6 nitrogen and oxygen atoms in total. The van der Waals surface area contributed by atoms with Crippen LogP contribution >= 0.6 is 11.8 Å². The first-order valence-corrected chi connectivity index (χ1v) is 6.32. The summed E-state index contributed by atoms with van der Waals surface area (Å²) >= 11 is 1.21. The number of nitrogens with zero attached hydrogens (tertiary/aromatic N) is 3. The number of amides is 1. The minimum atomic E-state index is -0.356. The molecular weight excluding hydrogens is 262 g/mol. The van der Waals surface area contributed by atoms with Crippen LogP contribution in [0.15, 0.2) is 11.1 Å². The molecule has 0 unspecified atom stereocenters. The molecule has 0 aliphatic carbocycles. The van der Waals surface area contributed by atoms with Crippen molar-refractivity contribution in [3.63, 3.8) is 0 Å². The summed E-state index contributed by atoms with van der Waals surface area (Å²) in [5, 5.41) is 18.0. The smallest absolute Gasteiger partial charge is 0.289 e. The molecular formula is C12H14N5OS+. The van der Waals surface area contributed by atoms with E-state index in [0.29, 0.717) is 10.6 Å². The summed E-state index contributed by atoms with van der Waals surface area (Å²) in [4.78, 5) is 16.1. The number of carbonyl (C=O) groups excluding carboxylic acids is 1. The Morgan fingerprint density at radius 2 is 2.00 bits per heavy atom. The van der Waals surface area contributed by atoms with E-state index in [-0.39, 0.29) is 22.5 Å². The molecule has 1 rings (SSSR count). The Hall–Kier alpha value is -2.25. The molecule has 19 heavy (non-hydrogen) atoms. The molecule has 0 saturated heterocycles. The van der Waals surface area contributed by atoms with Crippen LogP contribution in [0.3, 0.4) is 0 Å². The van der Waals surface area contributed by atoms with E-state index in [2.05, 4.69) is 4.98 Å². The van der Waals surface area contributed by atoms with Crippen LogP contribution in [0.1, 0.15) is 18.1 Å². The van der Waals surface area contributed by atoms with Gasteiger partial charge in [0.05, 0.1) is 5.25 Å². The summed E-state index contributed by atoms with van der Waals surface area (Å²) < 4.78 is 0. The highest BCUT2D eigenvalue weighted by Crippen LogP contribution is 2.25.